The quantitative estimate of drug-likeness (QED) is 0.818. The van der Waals surface area contributed by atoms with E-state index < -0.39 is 0 Å². The Kier molecular flexibility index (Phi) is 4.21. The number of carbonyl (C=O) groups is 1. The van der Waals surface area contributed by atoms with E-state index >= 15 is 0 Å². The highest BCUT2D eigenvalue weighted by Gasteiger charge is 2.39. The van der Waals surface area contributed by atoms with Gasteiger partial charge in [-0.1, -0.05) is 30.3 Å². The summed E-state index contributed by atoms with van der Waals surface area (Å²) in [4.78, 5) is 17.1. The SMILES string of the molecule is CNC(=O)Nc1cc2c(c3c1OC(C)(C)C3)C(c1ccccc1)=NC(C)(C)C2. The number of carbonyl (C=O) groups excluding carboxylic acids is 1. The second kappa shape index (κ2) is 6.36. The summed E-state index contributed by atoms with van der Waals surface area (Å²) in [5.74, 6) is 0.760. The Labute approximate surface area is 166 Å². The molecule has 5 heteroatoms. The van der Waals surface area contributed by atoms with E-state index in [0.717, 1.165) is 46.7 Å². The molecule has 0 atom stereocenters. The molecule has 2 heterocycles. The standard InChI is InChI=1S/C23H27N3O2/c1-22(2)12-15-11-17(25-21(27)24-5)20-16(13-23(3,4)28-20)18(15)19(26-22)14-9-7-6-8-10-14/h6-11H,12-13H2,1-5H3,(H2,24,25,27). The van der Waals surface area contributed by atoms with Gasteiger partial charge in [-0.2, -0.15) is 0 Å². The molecule has 146 valence electrons. The molecular formula is C23H27N3O2. The summed E-state index contributed by atoms with van der Waals surface area (Å²) in [5, 5.41) is 5.57. The van der Waals surface area contributed by atoms with Gasteiger partial charge in [0.2, 0.25) is 0 Å². The first kappa shape index (κ1) is 18.5. The van der Waals surface area contributed by atoms with Crippen molar-refractivity contribution in [2.24, 2.45) is 4.99 Å². The summed E-state index contributed by atoms with van der Waals surface area (Å²) in [6.45, 7) is 8.46. The van der Waals surface area contributed by atoms with Crippen LogP contribution in [0.5, 0.6) is 5.75 Å². The lowest BCUT2D eigenvalue weighted by atomic mass is 9.81. The van der Waals surface area contributed by atoms with Gasteiger partial charge >= 0.3 is 6.03 Å². The molecule has 4 rings (SSSR count). The summed E-state index contributed by atoms with van der Waals surface area (Å²) >= 11 is 0. The van der Waals surface area contributed by atoms with E-state index in [2.05, 4.69) is 56.5 Å². The molecule has 2 N–H and O–H groups in total. The van der Waals surface area contributed by atoms with Gasteiger partial charge in [-0.25, -0.2) is 4.79 Å². The number of urea groups is 1. The highest BCUT2D eigenvalue weighted by atomic mass is 16.5. The van der Waals surface area contributed by atoms with Crippen molar-refractivity contribution in [3.8, 4) is 5.75 Å². The minimum Gasteiger partial charge on any atom is -0.485 e. The summed E-state index contributed by atoms with van der Waals surface area (Å²) < 4.78 is 6.28. The predicted octanol–water partition coefficient (Wildman–Crippen LogP) is 4.32. The average Bonchev–Trinajstić information content (AvgIpc) is 2.96. The van der Waals surface area contributed by atoms with Crippen molar-refractivity contribution in [3.05, 3.63) is 58.7 Å². The van der Waals surface area contributed by atoms with Gasteiger partial charge in [0, 0.05) is 30.2 Å². The number of amides is 2. The second-order valence-electron chi connectivity index (χ2n) is 8.82. The Morgan fingerprint density at radius 3 is 2.50 bits per heavy atom. The van der Waals surface area contributed by atoms with E-state index in [-0.39, 0.29) is 17.2 Å². The minimum atomic E-state index is -0.328. The first-order valence-corrected chi connectivity index (χ1v) is 9.71. The molecule has 0 aliphatic carbocycles. The highest BCUT2D eigenvalue weighted by molar-refractivity contribution is 6.16. The van der Waals surface area contributed by atoms with Gasteiger partial charge in [0.1, 0.15) is 11.4 Å². The van der Waals surface area contributed by atoms with Gasteiger partial charge in [-0.15, -0.1) is 0 Å². The molecule has 0 unspecified atom stereocenters. The van der Waals surface area contributed by atoms with Crippen LogP contribution in [0.15, 0.2) is 41.4 Å². The molecule has 2 aliphatic rings. The monoisotopic (exact) mass is 377 g/mol. The number of nitrogens with zero attached hydrogens (tertiary/aromatic N) is 1. The lowest BCUT2D eigenvalue weighted by molar-refractivity contribution is 0.139. The van der Waals surface area contributed by atoms with Crippen molar-refractivity contribution in [3.63, 3.8) is 0 Å². The third-order valence-electron chi connectivity index (χ3n) is 5.24. The second-order valence-corrected chi connectivity index (χ2v) is 8.82. The Balaban J connectivity index is 1.95. The number of benzene rings is 2. The molecule has 0 bridgehead atoms. The Bertz CT molecular complexity index is 975. The Morgan fingerprint density at radius 1 is 1.11 bits per heavy atom. The number of ether oxygens (including phenoxy) is 1. The first-order chi connectivity index (χ1) is 13.2. The highest BCUT2D eigenvalue weighted by Crippen LogP contribution is 2.46. The van der Waals surface area contributed by atoms with Crippen LogP contribution in [0, 0.1) is 0 Å². The predicted molar refractivity (Wildman–Crippen MR) is 113 cm³/mol. The summed E-state index contributed by atoms with van der Waals surface area (Å²) in [6, 6.07) is 12.1. The van der Waals surface area contributed by atoms with E-state index in [0.29, 0.717) is 0 Å². The lowest BCUT2D eigenvalue weighted by Gasteiger charge is -2.31. The molecule has 2 amide bonds. The average molecular weight is 377 g/mol. The number of hydrogen-bond donors (Lipinski definition) is 2. The molecule has 0 fully saturated rings. The summed E-state index contributed by atoms with van der Waals surface area (Å²) in [6.07, 6.45) is 1.59. The van der Waals surface area contributed by atoms with Crippen molar-refractivity contribution in [2.45, 2.75) is 51.7 Å². The number of aliphatic imine (C=N–C) groups is 1. The molecule has 2 aromatic rings. The van der Waals surface area contributed by atoms with Crippen LogP contribution < -0.4 is 15.4 Å². The summed E-state index contributed by atoms with van der Waals surface area (Å²) in [7, 11) is 1.61. The van der Waals surface area contributed by atoms with Gasteiger partial charge in [0.25, 0.3) is 0 Å². The normalized spacial score (nSPS) is 18.4. The van der Waals surface area contributed by atoms with Gasteiger partial charge < -0.3 is 15.4 Å². The first-order valence-electron chi connectivity index (χ1n) is 9.71. The molecule has 0 spiro atoms. The van der Waals surface area contributed by atoms with Crippen molar-refractivity contribution in [2.75, 3.05) is 12.4 Å². The number of hydrogen-bond acceptors (Lipinski definition) is 3. The zero-order chi connectivity index (χ0) is 20.1. The fourth-order valence-electron chi connectivity index (χ4n) is 4.19. The van der Waals surface area contributed by atoms with Gasteiger partial charge in [0.15, 0.2) is 0 Å². The van der Waals surface area contributed by atoms with Crippen LogP contribution in [-0.2, 0) is 12.8 Å². The van der Waals surface area contributed by atoms with Crippen molar-refractivity contribution in [1.82, 2.24) is 5.32 Å². The minimum absolute atomic E-state index is 0.217. The van der Waals surface area contributed by atoms with Crippen molar-refractivity contribution >= 4 is 17.4 Å². The molecule has 0 aromatic heterocycles. The Morgan fingerprint density at radius 2 is 1.82 bits per heavy atom. The molecule has 28 heavy (non-hydrogen) atoms. The topological polar surface area (TPSA) is 62.7 Å². The Hall–Kier alpha value is -2.82. The maximum Gasteiger partial charge on any atom is 0.319 e. The van der Waals surface area contributed by atoms with E-state index in [4.69, 9.17) is 9.73 Å². The van der Waals surface area contributed by atoms with E-state index in [1.807, 2.05) is 18.2 Å². The summed E-state index contributed by atoms with van der Waals surface area (Å²) in [5.41, 5.74) is 5.79. The maximum absolute atomic E-state index is 12.0. The van der Waals surface area contributed by atoms with E-state index in [1.54, 1.807) is 7.05 Å². The van der Waals surface area contributed by atoms with Crippen LogP contribution in [0.4, 0.5) is 10.5 Å². The van der Waals surface area contributed by atoms with Gasteiger partial charge in [0.05, 0.1) is 16.9 Å². The fraction of sp³-hybridized carbons (Fsp3) is 0.391. The molecule has 0 saturated heterocycles. The molecule has 0 radical (unpaired) electrons. The largest absolute Gasteiger partial charge is 0.485 e. The number of nitrogens with one attached hydrogen (secondary N) is 2. The third-order valence-corrected chi connectivity index (χ3v) is 5.24. The van der Waals surface area contributed by atoms with E-state index in [1.165, 1.54) is 5.56 Å². The molecule has 2 aromatic carbocycles. The van der Waals surface area contributed by atoms with Crippen LogP contribution in [0.3, 0.4) is 0 Å². The van der Waals surface area contributed by atoms with Gasteiger partial charge in [-0.05, 0) is 45.7 Å². The molecule has 5 nitrogen and oxygen atoms in total. The molecule has 2 aliphatic heterocycles. The fourth-order valence-corrected chi connectivity index (χ4v) is 4.19. The van der Waals surface area contributed by atoms with Crippen LogP contribution in [0.2, 0.25) is 0 Å². The molecule has 0 saturated carbocycles. The maximum atomic E-state index is 12.0. The third kappa shape index (κ3) is 3.26. The number of anilines is 1. The van der Waals surface area contributed by atoms with Crippen molar-refractivity contribution in [1.29, 1.82) is 0 Å². The lowest BCUT2D eigenvalue weighted by Crippen LogP contribution is -2.31. The van der Waals surface area contributed by atoms with Crippen LogP contribution in [0.1, 0.15) is 49.9 Å². The zero-order valence-corrected chi connectivity index (χ0v) is 17.1. The van der Waals surface area contributed by atoms with Crippen LogP contribution in [-0.4, -0.2) is 29.9 Å². The van der Waals surface area contributed by atoms with Crippen molar-refractivity contribution < 1.29 is 9.53 Å². The zero-order valence-electron chi connectivity index (χ0n) is 17.1. The number of rotatable bonds is 2. The number of fused-ring (bicyclic) bond motifs is 3. The smallest absolute Gasteiger partial charge is 0.319 e. The molecular weight excluding hydrogens is 350 g/mol. The van der Waals surface area contributed by atoms with E-state index in [9.17, 15) is 4.79 Å². The van der Waals surface area contributed by atoms with Gasteiger partial charge in [-0.3, -0.25) is 4.99 Å². The van der Waals surface area contributed by atoms with Crippen LogP contribution in [0.25, 0.3) is 0 Å². The van der Waals surface area contributed by atoms with Crippen LogP contribution >= 0.6 is 0 Å².